The Labute approximate surface area is 120 Å². The zero-order valence-corrected chi connectivity index (χ0v) is 12.8. The zero-order chi connectivity index (χ0) is 15.0. The molecule has 0 fully saturated rings. The molecule has 0 radical (unpaired) electrons. The summed E-state index contributed by atoms with van der Waals surface area (Å²) in [7, 11) is 0. The highest BCUT2D eigenvalue weighted by Crippen LogP contribution is 2.09. The Bertz CT molecular complexity index is 400. The smallest absolute Gasteiger partial charge is 0.339 e. The maximum Gasteiger partial charge on any atom is 0.339 e. The minimum absolute atomic E-state index is 0.132. The Hall–Kier alpha value is -1.62. The lowest BCUT2D eigenvalue weighted by Gasteiger charge is -2.17. The van der Waals surface area contributed by atoms with Crippen molar-refractivity contribution in [2.24, 2.45) is 0 Å². The van der Waals surface area contributed by atoms with Gasteiger partial charge in [0.25, 0.3) is 0 Å². The van der Waals surface area contributed by atoms with Crippen molar-refractivity contribution in [3.63, 3.8) is 0 Å². The van der Waals surface area contributed by atoms with E-state index in [0.29, 0.717) is 18.1 Å². The highest BCUT2D eigenvalue weighted by molar-refractivity contribution is 5.89. The second-order valence-corrected chi connectivity index (χ2v) is 4.71. The second-order valence-electron chi connectivity index (χ2n) is 4.71. The number of esters is 1. The molecule has 112 valence electrons. The quantitative estimate of drug-likeness (QED) is 0.684. The number of likely N-dealkylation sites (N-methyl/N-ethyl adjacent to an activating group) is 1. The maximum absolute atomic E-state index is 11.6. The molecule has 0 N–H and O–H groups in total. The van der Waals surface area contributed by atoms with E-state index < -0.39 is 0 Å². The van der Waals surface area contributed by atoms with E-state index in [4.69, 9.17) is 9.47 Å². The van der Waals surface area contributed by atoms with E-state index in [9.17, 15) is 4.79 Å². The largest absolute Gasteiger partial charge is 0.476 e. The molecule has 20 heavy (non-hydrogen) atoms. The molecule has 0 aliphatic rings. The highest BCUT2D eigenvalue weighted by atomic mass is 16.5. The third kappa shape index (κ3) is 5.57. The minimum atomic E-state index is -0.359. The van der Waals surface area contributed by atoms with Crippen LogP contribution in [0.3, 0.4) is 0 Å². The highest BCUT2D eigenvalue weighted by Gasteiger charge is 2.09. The van der Waals surface area contributed by atoms with Crippen LogP contribution in [0.15, 0.2) is 18.3 Å². The fraction of sp³-hybridized carbons (Fsp3) is 0.600. The van der Waals surface area contributed by atoms with Gasteiger partial charge < -0.3 is 14.4 Å². The Morgan fingerprint density at radius 2 is 2.00 bits per heavy atom. The normalized spacial score (nSPS) is 10.9. The zero-order valence-electron chi connectivity index (χ0n) is 12.8. The first kappa shape index (κ1) is 16.4. The number of aromatic nitrogens is 1. The van der Waals surface area contributed by atoms with Crippen molar-refractivity contribution < 1.29 is 14.3 Å². The van der Waals surface area contributed by atoms with Crippen LogP contribution in [0.2, 0.25) is 0 Å². The van der Waals surface area contributed by atoms with E-state index in [1.165, 1.54) is 6.20 Å². The van der Waals surface area contributed by atoms with E-state index >= 15 is 0 Å². The van der Waals surface area contributed by atoms with Gasteiger partial charge >= 0.3 is 5.97 Å². The Kier molecular flexibility index (Phi) is 7.01. The van der Waals surface area contributed by atoms with E-state index in [2.05, 4.69) is 23.7 Å². The lowest BCUT2D eigenvalue weighted by atomic mass is 10.3. The molecule has 0 aliphatic carbocycles. The number of hydrogen-bond acceptors (Lipinski definition) is 5. The molecule has 0 atom stereocenters. The number of nitrogens with zero attached hydrogens (tertiary/aromatic N) is 2. The van der Waals surface area contributed by atoms with E-state index in [0.717, 1.165) is 19.6 Å². The average Bonchev–Trinajstić information content (AvgIpc) is 2.43. The van der Waals surface area contributed by atoms with Crippen LogP contribution in [0, 0.1) is 0 Å². The van der Waals surface area contributed by atoms with Crippen molar-refractivity contribution in [3.8, 4) is 5.88 Å². The summed E-state index contributed by atoms with van der Waals surface area (Å²) < 4.78 is 10.6. The Morgan fingerprint density at radius 3 is 2.50 bits per heavy atom. The summed E-state index contributed by atoms with van der Waals surface area (Å²) in [5.74, 6) is 0.167. The van der Waals surface area contributed by atoms with Crippen molar-refractivity contribution in [1.29, 1.82) is 0 Å². The van der Waals surface area contributed by atoms with Gasteiger partial charge in [0.05, 0.1) is 11.7 Å². The van der Waals surface area contributed by atoms with Crippen LogP contribution in [0.1, 0.15) is 38.1 Å². The molecule has 0 spiro atoms. The summed E-state index contributed by atoms with van der Waals surface area (Å²) in [6, 6.07) is 3.36. The number of rotatable bonds is 8. The molecule has 5 heteroatoms. The lowest BCUT2D eigenvalue weighted by Crippen LogP contribution is -2.28. The monoisotopic (exact) mass is 280 g/mol. The SMILES string of the molecule is CCN(CC)CCOc1ccc(C(=O)OC(C)C)cn1. The third-order valence-corrected chi connectivity index (χ3v) is 2.87. The number of pyridine rings is 1. The number of ether oxygens (including phenoxy) is 2. The maximum atomic E-state index is 11.6. The van der Waals surface area contributed by atoms with Gasteiger partial charge in [-0.25, -0.2) is 9.78 Å². The van der Waals surface area contributed by atoms with Gasteiger partial charge in [0, 0.05) is 18.8 Å². The van der Waals surface area contributed by atoms with Crippen LogP contribution in [-0.4, -0.2) is 48.2 Å². The Balaban J connectivity index is 2.44. The molecule has 1 rings (SSSR count). The molecule has 0 saturated carbocycles. The molecular weight excluding hydrogens is 256 g/mol. The van der Waals surface area contributed by atoms with Gasteiger partial charge in [-0.1, -0.05) is 13.8 Å². The van der Waals surface area contributed by atoms with Gasteiger partial charge in [0.2, 0.25) is 5.88 Å². The average molecular weight is 280 g/mol. The summed E-state index contributed by atoms with van der Waals surface area (Å²) in [5.41, 5.74) is 0.440. The van der Waals surface area contributed by atoms with Crippen molar-refractivity contribution >= 4 is 5.97 Å². The predicted molar refractivity (Wildman–Crippen MR) is 78.1 cm³/mol. The predicted octanol–water partition coefficient (Wildman–Crippen LogP) is 2.37. The van der Waals surface area contributed by atoms with Gasteiger partial charge in [0.1, 0.15) is 6.61 Å². The van der Waals surface area contributed by atoms with Crippen LogP contribution >= 0.6 is 0 Å². The molecule has 1 aromatic heterocycles. The summed E-state index contributed by atoms with van der Waals surface area (Å²) in [6.07, 6.45) is 1.35. The van der Waals surface area contributed by atoms with Crippen LogP contribution in [-0.2, 0) is 4.74 Å². The van der Waals surface area contributed by atoms with Gasteiger partial charge in [-0.2, -0.15) is 0 Å². The van der Waals surface area contributed by atoms with Gasteiger partial charge in [-0.15, -0.1) is 0 Å². The number of carbonyl (C=O) groups is 1. The van der Waals surface area contributed by atoms with Gasteiger partial charge in [0.15, 0.2) is 0 Å². The van der Waals surface area contributed by atoms with Crippen LogP contribution in [0.25, 0.3) is 0 Å². The van der Waals surface area contributed by atoms with Crippen molar-refractivity contribution in [2.75, 3.05) is 26.2 Å². The standard InChI is InChI=1S/C15H24N2O3/c1-5-17(6-2)9-10-19-14-8-7-13(11-16-14)15(18)20-12(3)4/h7-8,11-12H,5-6,9-10H2,1-4H3. The topological polar surface area (TPSA) is 51.7 Å². The molecular formula is C15H24N2O3. The van der Waals surface area contributed by atoms with Crippen LogP contribution in [0.4, 0.5) is 0 Å². The summed E-state index contributed by atoms with van der Waals surface area (Å²) in [4.78, 5) is 18.0. The van der Waals surface area contributed by atoms with Gasteiger partial charge in [-0.3, -0.25) is 0 Å². The first-order valence-corrected chi connectivity index (χ1v) is 7.09. The fourth-order valence-electron chi connectivity index (χ4n) is 1.69. The number of carbonyl (C=O) groups excluding carboxylic acids is 1. The molecule has 0 bridgehead atoms. The first-order chi connectivity index (χ1) is 9.56. The summed E-state index contributed by atoms with van der Waals surface area (Å²) in [5, 5.41) is 0. The van der Waals surface area contributed by atoms with Crippen molar-refractivity contribution in [2.45, 2.75) is 33.8 Å². The Morgan fingerprint density at radius 1 is 1.30 bits per heavy atom. The summed E-state index contributed by atoms with van der Waals surface area (Å²) >= 11 is 0. The van der Waals surface area contributed by atoms with E-state index in [-0.39, 0.29) is 12.1 Å². The minimum Gasteiger partial charge on any atom is -0.476 e. The second kappa shape index (κ2) is 8.53. The molecule has 5 nitrogen and oxygen atoms in total. The van der Waals surface area contributed by atoms with E-state index in [1.54, 1.807) is 12.1 Å². The fourth-order valence-corrected chi connectivity index (χ4v) is 1.69. The molecule has 0 aliphatic heterocycles. The van der Waals surface area contributed by atoms with Crippen molar-refractivity contribution in [1.82, 2.24) is 9.88 Å². The molecule has 0 amide bonds. The molecule has 0 unspecified atom stereocenters. The first-order valence-electron chi connectivity index (χ1n) is 7.09. The van der Waals surface area contributed by atoms with Crippen LogP contribution < -0.4 is 4.74 Å². The van der Waals surface area contributed by atoms with Crippen LogP contribution in [0.5, 0.6) is 5.88 Å². The molecule has 0 saturated heterocycles. The third-order valence-electron chi connectivity index (χ3n) is 2.87. The molecule has 1 heterocycles. The lowest BCUT2D eigenvalue weighted by molar-refractivity contribution is 0.0377. The van der Waals surface area contributed by atoms with Gasteiger partial charge in [-0.05, 0) is 33.0 Å². The van der Waals surface area contributed by atoms with E-state index in [1.807, 2.05) is 13.8 Å². The molecule has 1 aromatic rings. The summed E-state index contributed by atoms with van der Waals surface area (Å²) in [6.45, 7) is 11.3. The van der Waals surface area contributed by atoms with Crippen molar-refractivity contribution in [3.05, 3.63) is 23.9 Å². The molecule has 0 aromatic carbocycles. The number of hydrogen-bond donors (Lipinski definition) is 0.